The molecule has 0 aromatic heterocycles. The number of aliphatic hydroxyl groups is 4. The number of rotatable bonds is 0. The molecule has 5 atom stereocenters. The fourth-order valence-corrected chi connectivity index (χ4v) is 2.34. The Morgan fingerprint density at radius 3 is 2.31 bits per heavy atom. The molecule has 0 bridgehead atoms. The van der Waals surface area contributed by atoms with Gasteiger partial charge in [0.05, 0.1) is 30.5 Å². The number of nitrogens with zero attached hydrogens (tertiary/aromatic N) is 1. The van der Waals surface area contributed by atoms with E-state index in [2.05, 4.69) is 0 Å². The van der Waals surface area contributed by atoms with E-state index in [9.17, 15) is 20.4 Å². The Morgan fingerprint density at radius 2 is 1.62 bits per heavy atom. The summed E-state index contributed by atoms with van der Waals surface area (Å²) in [6.07, 6.45) is -2.70. The van der Waals surface area contributed by atoms with Crippen LogP contribution in [0.2, 0.25) is 0 Å². The van der Waals surface area contributed by atoms with Crippen LogP contribution in [-0.2, 0) is 0 Å². The summed E-state index contributed by atoms with van der Waals surface area (Å²) in [5.74, 6) is 0. The second-order valence-electron chi connectivity index (χ2n) is 3.96. The molecule has 0 amide bonds. The van der Waals surface area contributed by atoms with Gasteiger partial charge in [0.1, 0.15) is 0 Å². The maximum Gasteiger partial charge on any atom is 0.0991 e. The molecule has 5 heteroatoms. The van der Waals surface area contributed by atoms with Gasteiger partial charge in [0, 0.05) is 19.5 Å². The molecule has 4 N–H and O–H groups in total. The van der Waals surface area contributed by atoms with Crippen molar-refractivity contribution in [2.24, 2.45) is 0 Å². The van der Waals surface area contributed by atoms with E-state index in [1.807, 2.05) is 0 Å². The van der Waals surface area contributed by atoms with Crippen LogP contribution in [0.25, 0.3) is 0 Å². The maximum absolute atomic E-state index is 9.57. The summed E-state index contributed by atoms with van der Waals surface area (Å²) in [6, 6.07) is -0.404. The third kappa shape index (κ3) is 1.47. The van der Waals surface area contributed by atoms with Gasteiger partial charge in [0.25, 0.3) is 0 Å². The van der Waals surface area contributed by atoms with Crippen molar-refractivity contribution in [2.75, 3.05) is 13.1 Å². The van der Waals surface area contributed by atoms with Crippen LogP contribution in [0.15, 0.2) is 0 Å². The highest BCUT2D eigenvalue weighted by molar-refractivity contribution is 5.01. The van der Waals surface area contributed by atoms with Crippen LogP contribution < -0.4 is 0 Å². The van der Waals surface area contributed by atoms with E-state index in [1.165, 1.54) is 0 Å². The Balaban J connectivity index is 2.12. The summed E-state index contributed by atoms with van der Waals surface area (Å²) >= 11 is 0. The molecular weight excluding hydrogens is 174 g/mol. The van der Waals surface area contributed by atoms with Crippen LogP contribution in [0.1, 0.15) is 6.42 Å². The normalized spacial score (nSPS) is 52.2. The predicted molar refractivity (Wildman–Crippen MR) is 44.0 cm³/mol. The van der Waals surface area contributed by atoms with Crippen molar-refractivity contribution in [3.8, 4) is 0 Å². The Hall–Kier alpha value is -0.200. The van der Waals surface area contributed by atoms with Gasteiger partial charge in [-0.15, -0.1) is 0 Å². The molecular formula is C8H15NO4. The van der Waals surface area contributed by atoms with Crippen LogP contribution in [0.3, 0.4) is 0 Å². The average molecular weight is 189 g/mol. The number of aliphatic hydroxyl groups excluding tert-OH is 4. The van der Waals surface area contributed by atoms with Gasteiger partial charge in [0.2, 0.25) is 0 Å². The second-order valence-corrected chi connectivity index (χ2v) is 3.96. The second kappa shape index (κ2) is 3.18. The van der Waals surface area contributed by atoms with Gasteiger partial charge in [0.15, 0.2) is 0 Å². The van der Waals surface area contributed by atoms with Crippen LogP contribution >= 0.6 is 0 Å². The zero-order valence-corrected chi connectivity index (χ0v) is 7.24. The Bertz CT molecular complexity index is 199. The average Bonchev–Trinajstić information content (AvgIpc) is 2.27. The lowest BCUT2D eigenvalue weighted by atomic mass is 9.95. The zero-order valence-electron chi connectivity index (χ0n) is 7.24. The Kier molecular flexibility index (Phi) is 2.29. The van der Waals surface area contributed by atoms with Crippen LogP contribution in [0.5, 0.6) is 0 Å². The molecule has 4 unspecified atom stereocenters. The van der Waals surface area contributed by atoms with Crippen molar-refractivity contribution in [1.82, 2.24) is 4.90 Å². The number of hydrogen-bond acceptors (Lipinski definition) is 5. The first-order chi connectivity index (χ1) is 6.09. The van der Waals surface area contributed by atoms with Crippen molar-refractivity contribution in [3.05, 3.63) is 0 Å². The van der Waals surface area contributed by atoms with Crippen LogP contribution in [0, 0.1) is 0 Å². The molecule has 2 saturated heterocycles. The highest BCUT2D eigenvalue weighted by Gasteiger charge is 2.47. The van der Waals surface area contributed by atoms with Gasteiger partial charge in [-0.3, -0.25) is 4.90 Å². The van der Waals surface area contributed by atoms with Gasteiger partial charge in [-0.05, 0) is 0 Å². The molecule has 13 heavy (non-hydrogen) atoms. The van der Waals surface area contributed by atoms with Gasteiger partial charge in [-0.2, -0.15) is 0 Å². The maximum atomic E-state index is 9.57. The zero-order chi connectivity index (χ0) is 9.59. The van der Waals surface area contributed by atoms with Gasteiger partial charge in [-0.25, -0.2) is 0 Å². The summed E-state index contributed by atoms with van der Waals surface area (Å²) in [4.78, 5) is 1.74. The van der Waals surface area contributed by atoms with Crippen molar-refractivity contribution in [2.45, 2.75) is 36.9 Å². The van der Waals surface area contributed by atoms with Crippen molar-refractivity contribution in [1.29, 1.82) is 0 Å². The lowest BCUT2D eigenvalue weighted by Crippen LogP contribution is -2.53. The molecule has 2 heterocycles. The Labute approximate surface area is 76.2 Å². The van der Waals surface area contributed by atoms with E-state index < -0.39 is 30.5 Å². The van der Waals surface area contributed by atoms with Gasteiger partial charge in [-0.1, -0.05) is 0 Å². The number of hydrogen-bond donors (Lipinski definition) is 4. The number of fused-ring (bicyclic) bond motifs is 1. The summed E-state index contributed by atoms with van der Waals surface area (Å²) in [5, 5.41) is 37.8. The quantitative estimate of drug-likeness (QED) is 0.339. The summed E-state index contributed by atoms with van der Waals surface area (Å²) in [5.41, 5.74) is 0. The molecule has 0 radical (unpaired) electrons. The van der Waals surface area contributed by atoms with Crippen molar-refractivity contribution in [3.63, 3.8) is 0 Å². The summed E-state index contributed by atoms with van der Waals surface area (Å²) in [6.45, 7) is 0.760. The fraction of sp³-hybridized carbons (Fsp3) is 1.00. The minimum absolute atomic E-state index is 0.283. The number of piperidine rings is 1. The molecule has 0 aromatic rings. The molecule has 76 valence electrons. The molecule has 0 aromatic carbocycles. The standard InChI is InChI=1S/C8H15NO4/c10-4-1-5(11)7-8(13)6(12)3-9(7)2-4/h4-8,10-13H,1-3H2/t4?,5?,6?,7?,8-/m1/s1. The molecule has 5 nitrogen and oxygen atoms in total. The van der Waals surface area contributed by atoms with E-state index in [0.717, 1.165) is 0 Å². The first-order valence-corrected chi connectivity index (χ1v) is 4.56. The molecule has 2 rings (SSSR count). The predicted octanol–water partition coefficient (Wildman–Crippen LogP) is -2.48. The van der Waals surface area contributed by atoms with Crippen molar-refractivity contribution < 1.29 is 20.4 Å². The van der Waals surface area contributed by atoms with Crippen molar-refractivity contribution >= 4 is 0 Å². The van der Waals surface area contributed by atoms with E-state index in [1.54, 1.807) is 4.90 Å². The molecule has 0 aliphatic carbocycles. The third-order valence-electron chi connectivity index (χ3n) is 2.94. The minimum Gasteiger partial charge on any atom is -0.392 e. The highest BCUT2D eigenvalue weighted by atomic mass is 16.3. The van der Waals surface area contributed by atoms with E-state index in [0.29, 0.717) is 13.1 Å². The smallest absolute Gasteiger partial charge is 0.0991 e. The molecule has 0 spiro atoms. The molecule has 0 saturated carbocycles. The topological polar surface area (TPSA) is 84.2 Å². The van der Waals surface area contributed by atoms with E-state index >= 15 is 0 Å². The van der Waals surface area contributed by atoms with E-state index in [4.69, 9.17) is 0 Å². The SMILES string of the molecule is OC1CC(O)C2[C@H](O)C(O)CN2C1. The fourth-order valence-electron chi connectivity index (χ4n) is 2.34. The highest BCUT2D eigenvalue weighted by Crippen LogP contribution is 2.27. The minimum atomic E-state index is -0.887. The molecule has 2 aliphatic heterocycles. The van der Waals surface area contributed by atoms with Gasteiger partial charge >= 0.3 is 0 Å². The first-order valence-electron chi connectivity index (χ1n) is 4.56. The summed E-state index contributed by atoms with van der Waals surface area (Å²) in [7, 11) is 0. The molecule has 2 fully saturated rings. The largest absolute Gasteiger partial charge is 0.392 e. The lowest BCUT2D eigenvalue weighted by Gasteiger charge is -2.37. The lowest BCUT2D eigenvalue weighted by molar-refractivity contribution is -0.0647. The third-order valence-corrected chi connectivity index (χ3v) is 2.94. The summed E-state index contributed by atoms with van der Waals surface area (Å²) < 4.78 is 0. The molecule has 2 aliphatic rings. The van der Waals surface area contributed by atoms with E-state index in [-0.39, 0.29) is 6.42 Å². The first kappa shape index (κ1) is 9.36. The monoisotopic (exact) mass is 189 g/mol. The van der Waals surface area contributed by atoms with Crippen LogP contribution in [0.4, 0.5) is 0 Å². The van der Waals surface area contributed by atoms with Crippen LogP contribution in [-0.4, -0.2) is 68.9 Å². The van der Waals surface area contributed by atoms with Gasteiger partial charge < -0.3 is 20.4 Å². The Morgan fingerprint density at radius 1 is 0.923 bits per heavy atom.